The summed E-state index contributed by atoms with van der Waals surface area (Å²) in [5, 5.41) is 2.85. The predicted octanol–water partition coefficient (Wildman–Crippen LogP) is 2.19. The zero-order valence-electron chi connectivity index (χ0n) is 13.7. The van der Waals surface area contributed by atoms with E-state index in [4.69, 9.17) is 9.47 Å². The van der Waals surface area contributed by atoms with Crippen LogP contribution in [-0.2, 0) is 14.3 Å². The lowest BCUT2D eigenvalue weighted by atomic mass is 9.93. The van der Waals surface area contributed by atoms with Crippen molar-refractivity contribution in [1.82, 2.24) is 0 Å². The molecule has 1 atom stereocenters. The van der Waals surface area contributed by atoms with E-state index in [2.05, 4.69) is 5.32 Å². The third-order valence-electron chi connectivity index (χ3n) is 4.28. The van der Waals surface area contributed by atoms with Crippen molar-refractivity contribution in [2.75, 3.05) is 30.5 Å². The van der Waals surface area contributed by atoms with Gasteiger partial charge in [-0.25, -0.2) is 0 Å². The van der Waals surface area contributed by atoms with E-state index in [0.29, 0.717) is 30.3 Å². The van der Waals surface area contributed by atoms with Crippen molar-refractivity contribution in [1.29, 1.82) is 0 Å². The number of rotatable bonds is 2. The number of amides is 2. The number of anilines is 2. The molecule has 0 spiro atoms. The summed E-state index contributed by atoms with van der Waals surface area (Å²) in [5.41, 5.74) is 0.759. The molecule has 23 heavy (non-hydrogen) atoms. The molecule has 6 nitrogen and oxygen atoms in total. The number of ether oxygens (including phenoxy) is 2. The molecular formula is C17H22N2O4. The number of carbonyl (C=O) groups excluding carboxylic acids is 2. The van der Waals surface area contributed by atoms with Crippen molar-refractivity contribution in [3.8, 4) is 5.75 Å². The van der Waals surface area contributed by atoms with Gasteiger partial charge in [0.05, 0.1) is 11.1 Å². The molecule has 1 N–H and O–H groups in total. The molecule has 0 unspecified atom stereocenters. The Morgan fingerprint density at radius 1 is 1.39 bits per heavy atom. The lowest BCUT2D eigenvalue weighted by Gasteiger charge is -2.24. The van der Waals surface area contributed by atoms with Crippen LogP contribution in [0.5, 0.6) is 5.75 Å². The maximum atomic E-state index is 12.4. The SMILES string of the molecule is CN1C(=O)C(C)(C)COc2cc(NC(=O)[C@@H]3CCCO3)ccc21. The van der Waals surface area contributed by atoms with Gasteiger partial charge in [-0.3, -0.25) is 9.59 Å². The number of nitrogens with zero attached hydrogens (tertiary/aromatic N) is 1. The second-order valence-corrected chi connectivity index (χ2v) is 6.71. The van der Waals surface area contributed by atoms with Gasteiger partial charge in [0.15, 0.2) is 0 Å². The standard InChI is InChI=1S/C17H22N2O4/c1-17(2)10-23-14-9-11(6-7-12(14)19(3)16(17)21)18-15(20)13-5-4-8-22-13/h6-7,9,13H,4-5,8,10H2,1-3H3,(H,18,20)/t13-/m0/s1. The first-order valence-electron chi connectivity index (χ1n) is 7.86. The van der Waals surface area contributed by atoms with Crippen molar-refractivity contribution >= 4 is 23.2 Å². The van der Waals surface area contributed by atoms with Crippen LogP contribution in [-0.4, -0.2) is 38.2 Å². The van der Waals surface area contributed by atoms with E-state index in [1.165, 1.54) is 0 Å². The predicted molar refractivity (Wildman–Crippen MR) is 86.7 cm³/mol. The van der Waals surface area contributed by atoms with Crippen molar-refractivity contribution in [2.24, 2.45) is 5.41 Å². The minimum atomic E-state index is -0.588. The monoisotopic (exact) mass is 318 g/mol. The molecule has 3 rings (SSSR count). The molecule has 1 saturated heterocycles. The smallest absolute Gasteiger partial charge is 0.253 e. The average Bonchev–Trinajstić information content (AvgIpc) is 3.03. The lowest BCUT2D eigenvalue weighted by molar-refractivity contribution is -0.127. The van der Waals surface area contributed by atoms with Crippen LogP contribution >= 0.6 is 0 Å². The zero-order chi connectivity index (χ0) is 16.6. The van der Waals surface area contributed by atoms with Gasteiger partial charge in [0.25, 0.3) is 5.91 Å². The van der Waals surface area contributed by atoms with E-state index >= 15 is 0 Å². The van der Waals surface area contributed by atoms with Crippen molar-refractivity contribution < 1.29 is 19.1 Å². The van der Waals surface area contributed by atoms with Gasteiger partial charge in [0.2, 0.25) is 5.91 Å². The molecule has 2 amide bonds. The number of hydrogen-bond donors (Lipinski definition) is 1. The number of hydrogen-bond acceptors (Lipinski definition) is 4. The Hall–Kier alpha value is -2.08. The fraction of sp³-hybridized carbons (Fsp3) is 0.529. The molecule has 124 valence electrons. The van der Waals surface area contributed by atoms with Crippen molar-refractivity contribution in [3.63, 3.8) is 0 Å². The quantitative estimate of drug-likeness (QED) is 0.907. The van der Waals surface area contributed by atoms with Gasteiger partial charge in [-0.05, 0) is 38.8 Å². The maximum absolute atomic E-state index is 12.4. The molecule has 0 bridgehead atoms. The number of benzene rings is 1. The van der Waals surface area contributed by atoms with E-state index in [1.807, 2.05) is 13.8 Å². The lowest BCUT2D eigenvalue weighted by Crippen LogP contribution is -2.39. The van der Waals surface area contributed by atoms with Crippen LogP contribution in [0.1, 0.15) is 26.7 Å². The Bertz CT molecular complexity index is 635. The first kappa shape index (κ1) is 15.8. The fourth-order valence-corrected chi connectivity index (χ4v) is 2.88. The van der Waals surface area contributed by atoms with Gasteiger partial charge in [-0.1, -0.05) is 0 Å². The number of carbonyl (C=O) groups is 2. The van der Waals surface area contributed by atoms with E-state index in [9.17, 15) is 9.59 Å². The van der Waals surface area contributed by atoms with Gasteiger partial charge >= 0.3 is 0 Å². The average molecular weight is 318 g/mol. The molecule has 0 saturated carbocycles. The Balaban J connectivity index is 1.81. The molecule has 2 aliphatic heterocycles. The summed E-state index contributed by atoms with van der Waals surface area (Å²) in [4.78, 5) is 26.2. The molecule has 6 heteroatoms. The van der Waals surface area contributed by atoms with Gasteiger partial charge in [-0.15, -0.1) is 0 Å². The highest BCUT2D eigenvalue weighted by Gasteiger charge is 2.36. The van der Waals surface area contributed by atoms with Crippen LogP contribution < -0.4 is 15.0 Å². The molecule has 1 fully saturated rings. The normalized spacial score (nSPS) is 23.0. The third-order valence-corrected chi connectivity index (χ3v) is 4.28. The van der Waals surface area contributed by atoms with Crippen LogP contribution in [0.15, 0.2) is 18.2 Å². The Morgan fingerprint density at radius 3 is 2.87 bits per heavy atom. The van der Waals surface area contributed by atoms with Gasteiger partial charge in [0.1, 0.15) is 18.5 Å². The highest BCUT2D eigenvalue weighted by Crippen LogP contribution is 2.37. The van der Waals surface area contributed by atoms with Crippen LogP contribution in [0.2, 0.25) is 0 Å². The molecule has 0 aromatic heterocycles. The summed E-state index contributed by atoms with van der Waals surface area (Å²) in [6.07, 6.45) is 1.28. The summed E-state index contributed by atoms with van der Waals surface area (Å²) >= 11 is 0. The van der Waals surface area contributed by atoms with Crippen LogP contribution in [0.25, 0.3) is 0 Å². The topological polar surface area (TPSA) is 67.9 Å². The number of fused-ring (bicyclic) bond motifs is 1. The maximum Gasteiger partial charge on any atom is 0.253 e. The van der Waals surface area contributed by atoms with E-state index in [1.54, 1.807) is 30.1 Å². The minimum Gasteiger partial charge on any atom is -0.490 e. The van der Waals surface area contributed by atoms with Crippen LogP contribution in [0, 0.1) is 5.41 Å². The number of nitrogens with one attached hydrogen (secondary N) is 1. The molecule has 1 aromatic rings. The summed E-state index contributed by atoms with van der Waals surface area (Å²) < 4.78 is 11.2. The van der Waals surface area contributed by atoms with Crippen molar-refractivity contribution in [2.45, 2.75) is 32.8 Å². The molecule has 1 aromatic carbocycles. The summed E-state index contributed by atoms with van der Waals surface area (Å²) in [7, 11) is 1.74. The summed E-state index contributed by atoms with van der Waals surface area (Å²) in [5.74, 6) is 0.463. The Kier molecular flexibility index (Phi) is 4.02. The van der Waals surface area contributed by atoms with Crippen molar-refractivity contribution in [3.05, 3.63) is 18.2 Å². The Morgan fingerprint density at radius 2 is 2.17 bits per heavy atom. The zero-order valence-corrected chi connectivity index (χ0v) is 13.7. The molecular weight excluding hydrogens is 296 g/mol. The first-order chi connectivity index (χ1) is 10.9. The third kappa shape index (κ3) is 3.03. The van der Waals surface area contributed by atoms with Gasteiger partial charge < -0.3 is 19.7 Å². The minimum absolute atomic E-state index is 0.00684. The molecule has 0 radical (unpaired) electrons. The highest BCUT2D eigenvalue weighted by molar-refractivity contribution is 6.00. The van der Waals surface area contributed by atoms with E-state index < -0.39 is 5.41 Å². The van der Waals surface area contributed by atoms with Crippen LogP contribution in [0.3, 0.4) is 0 Å². The summed E-state index contributed by atoms with van der Waals surface area (Å²) in [6, 6.07) is 5.32. The highest BCUT2D eigenvalue weighted by atomic mass is 16.5. The van der Waals surface area contributed by atoms with Gasteiger partial charge in [0, 0.05) is 25.4 Å². The largest absolute Gasteiger partial charge is 0.490 e. The van der Waals surface area contributed by atoms with Gasteiger partial charge in [-0.2, -0.15) is 0 Å². The van der Waals surface area contributed by atoms with E-state index in [-0.39, 0.29) is 17.9 Å². The second-order valence-electron chi connectivity index (χ2n) is 6.71. The van der Waals surface area contributed by atoms with E-state index in [0.717, 1.165) is 12.8 Å². The molecule has 0 aliphatic carbocycles. The summed E-state index contributed by atoms with van der Waals surface area (Å²) in [6.45, 7) is 4.65. The molecule has 2 heterocycles. The fourth-order valence-electron chi connectivity index (χ4n) is 2.88. The first-order valence-corrected chi connectivity index (χ1v) is 7.86. The van der Waals surface area contributed by atoms with Crippen LogP contribution in [0.4, 0.5) is 11.4 Å². The second kappa shape index (κ2) is 5.85. The Labute approximate surface area is 135 Å². The molecule has 2 aliphatic rings.